The van der Waals surface area contributed by atoms with Gasteiger partial charge in [0.1, 0.15) is 33.4 Å². The Morgan fingerprint density at radius 3 is 2.52 bits per heavy atom. The van der Waals surface area contributed by atoms with Crippen molar-refractivity contribution < 1.29 is 19.7 Å². The van der Waals surface area contributed by atoms with Crippen molar-refractivity contribution >= 4 is 43.4 Å². The number of phenolic OH excluding ortho intramolecular Hbond substituents is 2. The Hall–Kier alpha value is -3.75. The molecule has 2 aromatic carbocycles. The summed E-state index contributed by atoms with van der Waals surface area (Å²) in [5.74, 6) is -0.817. The van der Waals surface area contributed by atoms with Crippen molar-refractivity contribution in [3.63, 3.8) is 0 Å². The lowest BCUT2D eigenvalue weighted by molar-refractivity contribution is 0.103. The second-order valence-corrected chi connectivity index (χ2v) is 8.39. The van der Waals surface area contributed by atoms with Crippen LogP contribution < -0.4 is 10.3 Å². The summed E-state index contributed by atoms with van der Waals surface area (Å²) in [5, 5.41) is 29.8. The topological polar surface area (TPSA) is 138 Å². The molecule has 9 nitrogen and oxygen atoms in total. The number of ether oxygens (including phenoxy) is 1. The number of phenols is 2. The highest BCUT2D eigenvalue weighted by Gasteiger charge is 2.22. The van der Waals surface area contributed by atoms with E-state index in [2.05, 4.69) is 41.8 Å². The van der Waals surface area contributed by atoms with E-state index in [-0.39, 0.29) is 42.9 Å². The molecule has 0 amide bonds. The second-order valence-electron chi connectivity index (χ2n) is 6.74. The number of ketones is 1. The molecule has 4 aromatic rings. The van der Waals surface area contributed by atoms with E-state index in [0.717, 1.165) is 4.40 Å². The SMILES string of the molecule is COc1ccc(-c2nc3ncc(C(=O)c4cc(Br)c(O)c(Br)c4O)cn3c(=O)c2C#N)cc1. The van der Waals surface area contributed by atoms with Crippen LogP contribution in [0.5, 0.6) is 17.2 Å². The molecule has 0 saturated carbocycles. The third kappa shape index (κ3) is 3.83. The molecule has 2 aromatic heterocycles. The van der Waals surface area contributed by atoms with Crippen LogP contribution in [0.15, 0.2) is 56.5 Å². The zero-order valence-electron chi connectivity index (χ0n) is 16.7. The molecule has 0 aliphatic rings. The minimum atomic E-state index is -0.701. The quantitative estimate of drug-likeness (QED) is 0.353. The first-order valence-electron chi connectivity index (χ1n) is 9.18. The minimum absolute atomic E-state index is 0.0151. The molecular formula is C22H12Br2N4O5. The Morgan fingerprint density at radius 1 is 1.18 bits per heavy atom. The number of rotatable bonds is 4. The van der Waals surface area contributed by atoms with Gasteiger partial charge in [-0.15, -0.1) is 0 Å². The monoisotopic (exact) mass is 570 g/mol. The van der Waals surface area contributed by atoms with Gasteiger partial charge >= 0.3 is 0 Å². The molecule has 0 unspecified atom stereocenters. The summed E-state index contributed by atoms with van der Waals surface area (Å²) in [6.07, 6.45) is 2.41. The highest BCUT2D eigenvalue weighted by Crippen LogP contribution is 2.41. The summed E-state index contributed by atoms with van der Waals surface area (Å²) in [6, 6.07) is 9.80. The molecule has 2 heterocycles. The van der Waals surface area contributed by atoms with E-state index in [1.807, 2.05) is 6.07 Å². The Bertz CT molecular complexity index is 1540. The molecule has 0 bridgehead atoms. The molecule has 0 radical (unpaired) electrons. The Labute approximate surface area is 202 Å². The average Bonchev–Trinajstić information content (AvgIpc) is 2.84. The first-order valence-corrected chi connectivity index (χ1v) is 10.8. The van der Waals surface area contributed by atoms with Crippen LogP contribution >= 0.6 is 31.9 Å². The van der Waals surface area contributed by atoms with Gasteiger partial charge in [0.15, 0.2) is 5.78 Å². The number of hydrogen-bond donors (Lipinski definition) is 2. The fraction of sp³-hybridized carbons (Fsp3) is 0.0455. The van der Waals surface area contributed by atoms with Crippen molar-refractivity contribution in [1.82, 2.24) is 14.4 Å². The fourth-order valence-electron chi connectivity index (χ4n) is 3.13. The van der Waals surface area contributed by atoms with Gasteiger partial charge in [0, 0.05) is 18.0 Å². The Balaban J connectivity index is 1.87. The Kier molecular flexibility index (Phi) is 5.88. The summed E-state index contributed by atoms with van der Waals surface area (Å²) >= 11 is 6.14. The van der Waals surface area contributed by atoms with Gasteiger partial charge < -0.3 is 14.9 Å². The number of benzene rings is 2. The van der Waals surface area contributed by atoms with E-state index in [0.29, 0.717) is 11.3 Å². The highest BCUT2D eigenvalue weighted by molar-refractivity contribution is 9.11. The van der Waals surface area contributed by atoms with Crippen LogP contribution in [0.2, 0.25) is 0 Å². The molecule has 4 rings (SSSR count). The lowest BCUT2D eigenvalue weighted by Gasteiger charge is -2.10. The van der Waals surface area contributed by atoms with Crippen molar-refractivity contribution in [2.45, 2.75) is 0 Å². The van der Waals surface area contributed by atoms with Crippen molar-refractivity contribution in [2.75, 3.05) is 7.11 Å². The van der Waals surface area contributed by atoms with Crippen LogP contribution in [0.25, 0.3) is 17.0 Å². The normalized spacial score (nSPS) is 10.7. The lowest BCUT2D eigenvalue weighted by atomic mass is 10.0. The zero-order chi connectivity index (χ0) is 23.9. The number of aromatic hydroxyl groups is 2. The molecular weight excluding hydrogens is 560 g/mol. The summed E-state index contributed by atoms with van der Waals surface area (Å²) in [6.45, 7) is 0. The first-order chi connectivity index (χ1) is 15.8. The predicted octanol–water partition coefficient (Wildman–Crippen LogP) is 3.80. The molecule has 0 atom stereocenters. The number of halogens is 2. The largest absolute Gasteiger partial charge is 0.506 e. The van der Waals surface area contributed by atoms with Crippen molar-refractivity contribution in [2.24, 2.45) is 0 Å². The van der Waals surface area contributed by atoms with Crippen LogP contribution in [0.3, 0.4) is 0 Å². The number of carbonyl (C=O) groups is 1. The zero-order valence-corrected chi connectivity index (χ0v) is 19.9. The summed E-state index contributed by atoms with van der Waals surface area (Å²) in [5.41, 5.74) is -0.412. The minimum Gasteiger partial charge on any atom is -0.506 e. The van der Waals surface area contributed by atoms with Gasteiger partial charge in [-0.1, -0.05) is 0 Å². The smallest absolute Gasteiger partial charge is 0.277 e. The molecule has 11 heteroatoms. The van der Waals surface area contributed by atoms with Gasteiger partial charge in [-0.25, -0.2) is 14.4 Å². The van der Waals surface area contributed by atoms with Crippen LogP contribution in [0, 0.1) is 11.3 Å². The standard InChI is InChI=1S/C22H12Br2N4O5/c1-33-12-4-2-10(3-5-12)17-14(7-25)21(32)28-9-11(8-26-22(28)27-17)18(29)13-6-15(23)20(31)16(24)19(13)30/h2-6,8-9,30-31H,1H3. The number of aromatic nitrogens is 3. The molecule has 33 heavy (non-hydrogen) atoms. The summed E-state index contributed by atoms with van der Waals surface area (Å²) < 4.78 is 6.24. The van der Waals surface area contributed by atoms with Crippen molar-refractivity contribution in [3.8, 4) is 34.6 Å². The summed E-state index contributed by atoms with van der Waals surface area (Å²) in [7, 11) is 1.52. The van der Waals surface area contributed by atoms with E-state index < -0.39 is 17.1 Å². The number of hydrogen-bond acceptors (Lipinski definition) is 8. The van der Waals surface area contributed by atoms with Crippen LogP contribution in [-0.4, -0.2) is 37.5 Å². The van der Waals surface area contributed by atoms with Crippen LogP contribution in [0.1, 0.15) is 21.5 Å². The average molecular weight is 572 g/mol. The number of carbonyl (C=O) groups excluding carboxylic acids is 1. The third-order valence-corrected chi connectivity index (χ3v) is 6.19. The van der Waals surface area contributed by atoms with Gasteiger partial charge in [-0.2, -0.15) is 5.26 Å². The first kappa shape index (κ1) is 22.4. The number of methoxy groups -OCH3 is 1. The van der Waals surface area contributed by atoms with Crippen LogP contribution in [0.4, 0.5) is 0 Å². The number of nitrogens with zero attached hydrogens (tertiary/aromatic N) is 4. The molecule has 0 saturated heterocycles. The lowest BCUT2D eigenvalue weighted by Crippen LogP contribution is -2.21. The van der Waals surface area contributed by atoms with Gasteiger partial charge in [0.2, 0.25) is 5.78 Å². The number of nitriles is 1. The molecule has 0 fully saturated rings. The maximum atomic E-state index is 13.0. The van der Waals surface area contributed by atoms with Crippen LogP contribution in [-0.2, 0) is 0 Å². The van der Waals surface area contributed by atoms with Gasteiger partial charge in [-0.05, 0) is 62.2 Å². The van der Waals surface area contributed by atoms with Gasteiger partial charge in [-0.3, -0.25) is 9.59 Å². The second kappa shape index (κ2) is 8.65. The maximum Gasteiger partial charge on any atom is 0.277 e. The van der Waals surface area contributed by atoms with Crippen molar-refractivity contribution in [1.29, 1.82) is 5.26 Å². The number of fused-ring (bicyclic) bond motifs is 1. The fourth-order valence-corrected chi connectivity index (χ4v) is 4.25. The predicted molar refractivity (Wildman–Crippen MR) is 125 cm³/mol. The third-order valence-electron chi connectivity index (χ3n) is 4.83. The maximum absolute atomic E-state index is 13.0. The molecule has 164 valence electrons. The van der Waals surface area contributed by atoms with E-state index >= 15 is 0 Å². The van der Waals surface area contributed by atoms with Gasteiger partial charge in [0.25, 0.3) is 5.56 Å². The molecule has 2 N–H and O–H groups in total. The molecule has 0 spiro atoms. The van der Waals surface area contributed by atoms with E-state index in [1.54, 1.807) is 24.3 Å². The van der Waals surface area contributed by atoms with E-state index in [4.69, 9.17) is 4.74 Å². The van der Waals surface area contributed by atoms with Gasteiger partial charge in [0.05, 0.1) is 28.4 Å². The highest BCUT2D eigenvalue weighted by atomic mass is 79.9. The molecule has 0 aliphatic carbocycles. The Morgan fingerprint density at radius 2 is 1.88 bits per heavy atom. The van der Waals surface area contributed by atoms with E-state index in [9.17, 15) is 25.1 Å². The molecule has 0 aliphatic heterocycles. The summed E-state index contributed by atoms with van der Waals surface area (Å²) in [4.78, 5) is 34.5. The van der Waals surface area contributed by atoms with Crippen molar-refractivity contribution in [3.05, 3.63) is 78.7 Å². The van der Waals surface area contributed by atoms with E-state index in [1.165, 1.54) is 25.6 Å².